The van der Waals surface area contributed by atoms with Gasteiger partial charge >= 0.3 is 7.59 Å². The summed E-state index contributed by atoms with van der Waals surface area (Å²) in [4.78, 5) is 11.3. The molecule has 1 amide bonds. The first kappa shape index (κ1) is 10.9. The predicted molar refractivity (Wildman–Crippen MR) is 55.5 cm³/mol. The zero-order chi connectivity index (χ0) is 10.1. The third kappa shape index (κ3) is 3.21. The van der Waals surface area contributed by atoms with Gasteiger partial charge in [0.2, 0.25) is 0 Å². The van der Waals surface area contributed by atoms with Crippen molar-refractivity contribution in [2.45, 2.75) is 0 Å². The molecule has 0 fully saturated rings. The largest absolute Gasteiger partial charge is 0.300 e. The van der Waals surface area contributed by atoms with Gasteiger partial charge in [0.05, 0.1) is 9.35 Å². The molecule has 0 aliphatic heterocycles. The Hall–Kier alpha value is -0.200. The van der Waals surface area contributed by atoms with Crippen LogP contribution in [0.5, 0.6) is 0 Å². The molecule has 5 nitrogen and oxygen atoms in total. The molecule has 0 atom stereocenters. The minimum absolute atomic E-state index is 0.376. The fraction of sp³-hybridized carbons (Fsp3) is 0. The number of hydrogen-bond donors (Lipinski definition) is 3. The number of halogens is 1. The van der Waals surface area contributed by atoms with Crippen LogP contribution < -0.4 is 16.1 Å². The molecule has 0 saturated carbocycles. The lowest BCUT2D eigenvalue weighted by atomic mass is 10.3. The molecular weight excluding hydrogens is 277 g/mol. The lowest BCUT2D eigenvalue weighted by Crippen LogP contribution is -2.28. The summed E-state index contributed by atoms with van der Waals surface area (Å²) in [5, 5.41) is 3.73. The predicted octanol–water partition coefficient (Wildman–Crippen LogP) is 1.27. The molecule has 0 saturated heterocycles. The number of nitrogens with one attached hydrogen (secondary N) is 1. The molecule has 5 N–H and O–H groups in total. The first-order valence-electron chi connectivity index (χ1n) is 3.13. The van der Waals surface area contributed by atoms with Gasteiger partial charge in [-0.05, 0) is 27.4 Å². The summed E-state index contributed by atoms with van der Waals surface area (Å²) >= 11 is 4.50. The smallest absolute Gasteiger partial charge is 0.279 e. The molecule has 0 bridgehead atoms. The van der Waals surface area contributed by atoms with Gasteiger partial charge in [0, 0.05) is 0 Å². The second-order valence-electron chi connectivity index (χ2n) is 2.26. The Kier molecular flexibility index (Phi) is 3.26. The molecule has 1 rings (SSSR count). The Balaban J connectivity index is 2.82. The van der Waals surface area contributed by atoms with Crippen molar-refractivity contribution in [3.63, 3.8) is 0 Å². The molecule has 8 heteroatoms. The first-order valence-corrected chi connectivity index (χ1v) is 6.65. The Labute approximate surface area is 87.2 Å². The van der Waals surface area contributed by atoms with Crippen LogP contribution in [0.4, 0.5) is 0 Å². The molecule has 0 aliphatic carbocycles. The number of rotatable bonds is 2. The van der Waals surface area contributed by atoms with Crippen LogP contribution in [-0.4, -0.2) is 5.91 Å². The quantitative estimate of drug-likeness (QED) is 0.712. The molecule has 1 aromatic rings. The SMILES string of the molecule is NP(N)(=O)NC(=O)c1ccsc1Br. The molecule has 1 aromatic heterocycles. The Morgan fingerprint density at radius 2 is 2.23 bits per heavy atom. The van der Waals surface area contributed by atoms with Crippen molar-refractivity contribution in [1.29, 1.82) is 0 Å². The highest BCUT2D eigenvalue weighted by Gasteiger charge is 2.17. The second-order valence-corrected chi connectivity index (χ2v) is 6.13. The van der Waals surface area contributed by atoms with Crippen LogP contribution in [0.2, 0.25) is 0 Å². The van der Waals surface area contributed by atoms with Crippen LogP contribution in [0.1, 0.15) is 10.4 Å². The van der Waals surface area contributed by atoms with Gasteiger partial charge in [0.25, 0.3) is 5.91 Å². The van der Waals surface area contributed by atoms with Crippen molar-refractivity contribution < 1.29 is 9.36 Å². The molecule has 0 aromatic carbocycles. The third-order valence-corrected chi connectivity index (χ3v) is 3.38. The zero-order valence-electron chi connectivity index (χ0n) is 6.36. The van der Waals surface area contributed by atoms with Crippen molar-refractivity contribution in [2.24, 2.45) is 11.0 Å². The molecule has 13 heavy (non-hydrogen) atoms. The second kappa shape index (κ2) is 3.89. The Bertz CT molecular complexity index is 374. The summed E-state index contributed by atoms with van der Waals surface area (Å²) in [5.74, 6) is -0.540. The average molecular weight is 284 g/mol. The number of carbonyl (C=O) groups excluding carboxylic acids is 1. The number of amides is 1. The Morgan fingerprint density at radius 3 is 2.62 bits per heavy atom. The monoisotopic (exact) mass is 283 g/mol. The van der Waals surface area contributed by atoms with Crippen LogP contribution in [0, 0.1) is 0 Å². The normalized spacial score (nSPS) is 11.3. The molecule has 0 radical (unpaired) electrons. The number of carbonyl (C=O) groups is 1. The highest BCUT2D eigenvalue weighted by Crippen LogP contribution is 2.26. The fourth-order valence-electron chi connectivity index (χ4n) is 0.675. The Morgan fingerprint density at radius 1 is 1.62 bits per heavy atom. The maximum Gasteiger partial charge on any atom is 0.300 e. The van der Waals surface area contributed by atoms with Gasteiger partial charge in [0.1, 0.15) is 0 Å². The van der Waals surface area contributed by atoms with E-state index in [0.29, 0.717) is 9.35 Å². The van der Waals surface area contributed by atoms with E-state index in [1.807, 2.05) is 5.09 Å². The summed E-state index contributed by atoms with van der Waals surface area (Å²) in [7, 11) is -3.50. The van der Waals surface area contributed by atoms with Gasteiger partial charge in [-0.2, -0.15) is 0 Å². The summed E-state index contributed by atoms with van der Waals surface area (Å²) in [6, 6.07) is 1.58. The molecule has 0 aliphatic rings. The van der Waals surface area contributed by atoms with E-state index in [4.69, 9.17) is 11.0 Å². The van der Waals surface area contributed by atoms with E-state index in [1.54, 1.807) is 11.4 Å². The lowest BCUT2D eigenvalue weighted by Gasteiger charge is -2.07. The van der Waals surface area contributed by atoms with Crippen LogP contribution in [0.3, 0.4) is 0 Å². The van der Waals surface area contributed by atoms with Crippen molar-refractivity contribution in [3.05, 3.63) is 20.8 Å². The van der Waals surface area contributed by atoms with E-state index in [0.717, 1.165) is 0 Å². The van der Waals surface area contributed by atoms with Crippen molar-refractivity contribution in [2.75, 3.05) is 0 Å². The summed E-state index contributed by atoms with van der Waals surface area (Å²) < 4.78 is 11.5. The highest BCUT2D eigenvalue weighted by atomic mass is 79.9. The molecule has 0 spiro atoms. The zero-order valence-corrected chi connectivity index (χ0v) is 9.66. The summed E-state index contributed by atoms with van der Waals surface area (Å²) in [6.07, 6.45) is 0. The molecular formula is C5H7BrN3O2PS. The van der Waals surface area contributed by atoms with Gasteiger partial charge in [0.15, 0.2) is 0 Å². The van der Waals surface area contributed by atoms with E-state index < -0.39 is 13.5 Å². The maximum atomic E-state index is 11.3. The first-order chi connectivity index (χ1) is 5.90. The summed E-state index contributed by atoms with van der Waals surface area (Å²) in [6.45, 7) is 0. The van der Waals surface area contributed by atoms with Crippen LogP contribution in [0.15, 0.2) is 15.2 Å². The van der Waals surface area contributed by atoms with Crippen LogP contribution in [-0.2, 0) is 4.57 Å². The van der Waals surface area contributed by atoms with Gasteiger partial charge < -0.3 is 0 Å². The van der Waals surface area contributed by atoms with Crippen LogP contribution in [0.25, 0.3) is 0 Å². The third-order valence-electron chi connectivity index (χ3n) is 1.14. The summed E-state index contributed by atoms with van der Waals surface area (Å²) in [5.41, 5.74) is 10.3. The van der Waals surface area contributed by atoms with E-state index in [1.165, 1.54) is 11.3 Å². The molecule has 1 heterocycles. The number of thiophene rings is 1. The molecule has 0 unspecified atom stereocenters. The standard InChI is InChI=1S/C5H7BrN3O2PS/c6-4-3(1-2-13-4)5(10)9-12(7,8)11/h1-2H,(H5,7,8,9,10,11). The minimum Gasteiger partial charge on any atom is -0.279 e. The van der Waals surface area contributed by atoms with E-state index in [2.05, 4.69) is 15.9 Å². The van der Waals surface area contributed by atoms with E-state index >= 15 is 0 Å². The topological polar surface area (TPSA) is 98.2 Å². The van der Waals surface area contributed by atoms with Crippen molar-refractivity contribution >= 4 is 40.8 Å². The van der Waals surface area contributed by atoms with Crippen LogP contribution >= 0.6 is 34.9 Å². The number of hydrogen-bond acceptors (Lipinski definition) is 3. The van der Waals surface area contributed by atoms with E-state index in [9.17, 15) is 9.36 Å². The number of nitrogens with two attached hydrogens (primary N) is 2. The highest BCUT2D eigenvalue weighted by molar-refractivity contribution is 9.11. The molecule has 72 valence electrons. The van der Waals surface area contributed by atoms with Crippen molar-refractivity contribution in [3.8, 4) is 0 Å². The van der Waals surface area contributed by atoms with Gasteiger partial charge in [-0.25, -0.2) is 0 Å². The maximum absolute atomic E-state index is 11.3. The van der Waals surface area contributed by atoms with Crippen molar-refractivity contribution in [1.82, 2.24) is 5.09 Å². The average Bonchev–Trinajstić information content (AvgIpc) is 2.30. The van der Waals surface area contributed by atoms with Gasteiger partial charge in [-0.3, -0.25) is 25.5 Å². The minimum atomic E-state index is -3.50. The van der Waals surface area contributed by atoms with Gasteiger partial charge in [-0.15, -0.1) is 11.3 Å². The van der Waals surface area contributed by atoms with Gasteiger partial charge in [-0.1, -0.05) is 0 Å². The lowest BCUT2D eigenvalue weighted by molar-refractivity contribution is 0.0980. The van der Waals surface area contributed by atoms with E-state index in [-0.39, 0.29) is 0 Å². The fourth-order valence-corrected chi connectivity index (χ4v) is 2.36.